The number of nitrogens with one attached hydrogen (secondary N) is 2. The van der Waals surface area contributed by atoms with Crippen LogP contribution in [0.15, 0.2) is 48.7 Å². The number of primary amides is 1. The number of hydrogen-bond donors (Lipinski definition) is 4. The summed E-state index contributed by atoms with van der Waals surface area (Å²) >= 11 is 0.804. The van der Waals surface area contributed by atoms with Gasteiger partial charge < -0.3 is 21.8 Å². The number of nitrogens with two attached hydrogens (primary N) is 2. The number of para-hydroxylation sites is 1. The molecule has 0 bridgehead atoms. The highest BCUT2D eigenvalue weighted by Crippen LogP contribution is 2.37. The molecule has 1 fully saturated rings. The number of carbonyl (C=O) groups is 3. The number of amides is 3. The molecule has 0 aliphatic heterocycles. The Bertz CT molecular complexity index is 1550. The summed E-state index contributed by atoms with van der Waals surface area (Å²) in [6.07, 6.45) is 6.83. The first kappa shape index (κ1) is 26.4. The molecule has 5 rings (SSSR count). The molecule has 6 N–H and O–H groups in total. The summed E-state index contributed by atoms with van der Waals surface area (Å²) in [6.45, 7) is 3.87. The van der Waals surface area contributed by atoms with Crippen molar-refractivity contribution in [2.45, 2.75) is 58.0 Å². The lowest BCUT2D eigenvalue weighted by Gasteiger charge is -2.34. The number of rotatable bonds is 7. The third kappa shape index (κ3) is 5.12. The SMILES string of the molecule is Cc1ccc(N(C(=O)c2snc(C(N)=O)c2N)[C@H](C(=O)NC2CCCCC2)c2c[nH]c3ccccc23)c(C)c1. The lowest BCUT2D eigenvalue weighted by atomic mass is 9.94. The summed E-state index contributed by atoms with van der Waals surface area (Å²) in [5.41, 5.74) is 15.3. The maximum atomic E-state index is 14.4. The van der Waals surface area contributed by atoms with E-state index in [4.69, 9.17) is 11.5 Å². The molecule has 2 aromatic carbocycles. The van der Waals surface area contributed by atoms with E-state index in [0.717, 1.165) is 65.7 Å². The van der Waals surface area contributed by atoms with Crippen LogP contribution in [0.3, 0.4) is 0 Å². The molecule has 0 unspecified atom stereocenters. The minimum atomic E-state index is -1.02. The van der Waals surface area contributed by atoms with Gasteiger partial charge in [-0.1, -0.05) is 55.2 Å². The fourth-order valence-corrected chi connectivity index (χ4v) is 6.17. The zero-order valence-corrected chi connectivity index (χ0v) is 22.8. The topological polar surface area (TPSA) is 147 Å². The Morgan fingerprint density at radius 3 is 2.54 bits per heavy atom. The molecule has 1 aliphatic rings. The van der Waals surface area contributed by atoms with Gasteiger partial charge in [0, 0.05) is 34.4 Å². The van der Waals surface area contributed by atoms with E-state index in [1.54, 1.807) is 6.20 Å². The number of nitrogens with zero attached hydrogens (tertiary/aromatic N) is 2. The van der Waals surface area contributed by atoms with Crippen LogP contribution in [0, 0.1) is 13.8 Å². The van der Waals surface area contributed by atoms with Gasteiger partial charge in [0.15, 0.2) is 5.69 Å². The van der Waals surface area contributed by atoms with Crippen molar-refractivity contribution in [1.29, 1.82) is 0 Å². The van der Waals surface area contributed by atoms with Crippen LogP contribution < -0.4 is 21.7 Å². The molecule has 1 aliphatic carbocycles. The maximum Gasteiger partial charge on any atom is 0.273 e. The van der Waals surface area contributed by atoms with Gasteiger partial charge in [-0.05, 0) is 55.9 Å². The van der Waals surface area contributed by atoms with Gasteiger partial charge in [0.25, 0.3) is 11.8 Å². The van der Waals surface area contributed by atoms with E-state index in [1.165, 1.54) is 4.90 Å². The van der Waals surface area contributed by atoms with Crippen LogP contribution in [0.25, 0.3) is 10.9 Å². The van der Waals surface area contributed by atoms with Crippen LogP contribution in [0.5, 0.6) is 0 Å². The van der Waals surface area contributed by atoms with Gasteiger partial charge in [0.2, 0.25) is 5.91 Å². The Labute approximate surface area is 230 Å². The Kier molecular flexibility index (Phi) is 7.38. The molecule has 0 spiro atoms. The summed E-state index contributed by atoms with van der Waals surface area (Å²) in [5.74, 6) is -1.62. The Morgan fingerprint density at radius 1 is 1.10 bits per heavy atom. The van der Waals surface area contributed by atoms with Crippen LogP contribution in [0.2, 0.25) is 0 Å². The van der Waals surface area contributed by atoms with Crippen molar-refractivity contribution < 1.29 is 14.4 Å². The molecule has 1 saturated carbocycles. The zero-order chi connectivity index (χ0) is 27.7. The van der Waals surface area contributed by atoms with Crippen LogP contribution in [-0.4, -0.2) is 33.1 Å². The third-order valence-corrected chi connectivity index (χ3v) is 8.21. The molecule has 0 radical (unpaired) electrons. The molecular weight excluding hydrogens is 512 g/mol. The molecular formula is C29H32N6O3S. The first-order valence-electron chi connectivity index (χ1n) is 13.1. The first-order chi connectivity index (χ1) is 18.8. The van der Waals surface area contributed by atoms with Gasteiger partial charge in [0.05, 0.1) is 5.69 Å². The average Bonchev–Trinajstić information content (AvgIpc) is 3.51. The van der Waals surface area contributed by atoms with Crippen molar-refractivity contribution in [3.63, 3.8) is 0 Å². The number of nitrogen functional groups attached to an aromatic ring is 1. The number of hydrogen-bond acceptors (Lipinski definition) is 6. The summed E-state index contributed by atoms with van der Waals surface area (Å²) in [6, 6.07) is 12.4. The van der Waals surface area contributed by atoms with Crippen molar-refractivity contribution >= 4 is 51.5 Å². The quantitative estimate of drug-likeness (QED) is 0.265. The van der Waals surface area contributed by atoms with E-state index in [9.17, 15) is 14.4 Å². The second-order valence-electron chi connectivity index (χ2n) is 10.1. The average molecular weight is 545 g/mol. The second-order valence-corrected chi connectivity index (χ2v) is 10.9. The first-order valence-corrected chi connectivity index (χ1v) is 13.9. The fourth-order valence-electron chi connectivity index (χ4n) is 5.42. The number of aryl methyl sites for hydroxylation is 2. The molecule has 3 amide bonds. The molecule has 0 saturated heterocycles. The largest absolute Gasteiger partial charge is 0.395 e. The monoisotopic (exact) mass is 544 g/mol. The number of anilines is 2. The van der Waals surface area contributed by atoms with Gasteiger partial charge in [0.1, 0.15) is 10.9 Å². The Hall–Kier alpha value is -4.18. The lowest BCUT2D eigenvalue weighted by molar-refractivity contribution is -0.123. The lowest BCUT2D eigenvalue weighted by Crippen LogP contribution is -2.47. The number of fused-ring (bicyclic) bond motifs is 1. The Morgan fingerprint density at radius 2 is 1.85 bits per heavy atom. The minimum Gasteiger partial charge on any atom is -0.395 e. The standard InChI is InChI=1S/C29H32N6O3S/c1-16-12-13-22(17(2)14-16)35(29(38)26-23(30)24(27(31)36)34-39-26)25(28(37)33-18-8-4-3-5-9-18)20-15-32-21-11-7-6-10-19(20)21/h6-7,10-15,18,25,32H,3-5,8-9,30H2,1-2H3,(H2,31,36)(H,33,37)/t25-/m0/s1. The third-order valence-electron chi connectivity index (χ3n) is 7.36. The van der Waals surface area contributed by atoms with E-state index in [1.807, 2.05) is 56.3 Å². The predicted octanol–water partition coefficient (Wildman–Crippen LogP) is 4.76. The predicted molar refractivity (Wildman–Crippen MR) is 154 cm³/mol. The van der Waals surface area contributed by atoms with Gasteiger partial charge in [-0.15, -0.1) is 0 Å². The van der Waals surface area contributed by atoms with E-state index in [0.29, 0.717) is 11.3 Å². The summed E-state index contributed by atoms with van der Waals surface area (Å²) in [5, 5.41) is 4.07. The van der Waals surface area contributed by atoms with Gasteiger partial charge in [-0.3, -0.25) is 19.3 Å². The smallest absolute Gasteiger partial charge is 0.273 e. The molecule has 1 atom stereocenters. The molecule has 2 heterocycles. The minimum absolute atomic E-state index is 0.0324. The molecule has 9 nitrogen and oxygen atoms in total. The van der Waals surface area contributed by atoms with Crippen LogP contribution in [-0.2, 0) is 4.79 Å². The summed E-state index contributed by atoms with van der Waals surface area (Å²) in [4.78, 5) is 45.3. The molecule has 39 heavy (non-hydrogen) atoms. The highest BCUT2D eigenvalue weighted by molar-refractivity contribution is 7.09. The van der Waals surface area contributed by atoms with E-state index in [-0.39, 0.29) is 28.2 Å². The highest BCUT2D eigenvalue weighted by atomic mass is 32.1. The van der Waals surface area contributed by atoms with Crippen LogP contribution >= 0.6 is 11.5 Å². The number of aromatic amines is 1. The van der Waals surface area contributed by atoms with Crippen LogP contribution in [0.4, 0.5) is 11.4 Å². The van der Waals surface area contributed by atoms with E-state index < -0.39 is 17.9 Å². The number of H-pyrrole nitrogens is 1. The summed E-state index contributed by atoms with van der Waals surface area (Å²) < 4.78 is 4.05. The second kappa shape index (κ2) is 10.9. The molecule has 202 valence electrons. The van der Waals surface area contributed by atoms with Gasteiger partial charge in [-0.25, -0.2) is 0 Å². The molecule has 4 aromatic rings. The van der Waals surface area contributed by atoms with Gasteiger partial charge >= 0.3 is 0 Å². The normalized spacial score (nSPS) is 14.7. The number of aromatic nitrogens is 2. The zero-order valence-electron chi connectivity index (χ0n) is 22.0. The van der Waals surface area contributed by atoms with Crippen LogP contribution in [0.1, 0.15) is 75.0 Å². The van der Waals surface area contributed by atoms with Gasteiger partial charge in [-0.2, -0.15) is 4.37 Å². The number of carbonyl (C=O) groups excluding carboxylic acids is 3. The van der Waals surface area contributed by atoms with Crippen molar-refractivity contribution in [2.24, 2.45) is 5.73 Å². The molecule has 10 heteroatoms. The maximum absolute atomic E-state index is 14.4. The van der Waals surface area contributed by atoms with Crippen molar-refractivity contribution in [3.05, 3.63) is 75.9 Å². The number of benzene rings is 2. The van der Waals surface area contributed by atoms with Crippen molar-refractivity contribution in [2.75, 3.05) is 10.6 Å². The Balaban J connectivity index is 1.70. The van der Waals surface area contributed by atoms with Crippen molar-refractivity contribution in [1.82, 2.24) is 14.7 Å². The van der Waals surface area contributed by atoms with E-state index in [2.05, 4.69) is 14.7 Å². The van der Waals surface area contributed by atoms with E-state index >= 15 is 0 Å². The summed E-state index contributed by atoms with van der Waals surface area (Å²) in [7, 11) is 0. The molecule has 2 aromatic heterocycles. The van der Waals surface area contributed by atoms with Crippen molar-refractivity contribution in [3.8, 4) is 0 Å². The highest BCUT2D eigenvalue weighted by Gasteiger charge is 2.38. The fraction of sp³-hybridized carbons (Fsp3) is 0.310.